The van der Waals surface area contributed by atoms with Gasteiger partial charge >= 0.3 is 0 Å². The molecule has 0 saturated heterocycles. The molecule has 0 fully saturated rings. The van der Waals surface area contributed by atoms with Crippen molar-refractivity contribution in [2.75, 3.05) is 6.54 Å². The number of hydrogen-bond acceptors (Lipinski definition) is 2. The number of carbonyl (C=O) groups excluding carboxylic acids is 1. The molecule has 1 rings (SSSR count). The summed E-state index contributed by atoms with van der Waals surface area (Å²) in [5.74, 6) is 0.0531. The maximum atomic E-state index is 11.1. The lowest BCUT2D eigenvalue weighted by Gasteiger charge is -1.98. The molecule has 0 aliphatic rings. The van der Waals surface area contributed by atoms with Crippen molar-refractivity contribution in [3.8, 4) is 0 Å². The third kappa shape index (κ3) is 2.88. The topological polar surface area (TPSA) is 29.1 Å². The molecule has 0 aliphatic heterocycles. The Morgan fingerprint density at radius 1 is 1.75 bits per heavy atom. The molecule has 0 saturated carbocycles. The minimum atomic E-state index is 0.0531. The Kier molecular flexibility index (Phi) is 3.54. The van der Waals surface area contributed by atoms with Gasteiger partial charge in [-0.15, -0.1) is 17.9 Å². The van der Waals surface area contributed by atoms with Crippen molar-refractivity contribution in [2.24, 2.45) is 0 Å². The zero-order valence-electron chi connectivity index (χ0n) is 6.75. The molecule has 1 N–H and O–H groups in total. The highest BCUT2D eigenvalue weighted by molar-refractivity contribution is 7.10. The third-order valence-corrected chi connectivity index (χ3v) is 2.23. The second kappa shape index (κ2) is 4.72. The van der Waals surface area contributed by atoms with Crippen molar-refractivity contribution in [2.45, 2.75) is 6.42 Å². The molecule has 1 aromatic rings. The molecule has 1 aromatic heterocycles. The molecule has 12 heavy (non-hydrogen) atoms. The van der Waals surface area contributed by atoms with E-state index in [1.807, 2.05) is 17.5 Å². The second-order valence-corrected chi connectivity index (χ2v) is 3.38. The first-order valence-corrected chi connectivity index (χ1v) is 4.61. The summed E-state index contributed by atoms with van der Waals surface area (Å²) >= 11 is 1.60. The molecule has 0 spiro atoms. The summed E-state index contributed by atoms with van der Waals surface area (Å²) in [6.07, 6.45) is 2.15. The SMILES string of the molecule is C=CCNC(=O)Cc1cccs1. The fraction of sp³-hybridized carbons (Fsp3) is 0.222. The molecule has 3 heteroatoms. The number of nitrogens with one attached hydrogen (secondary N) is 1. The summed E-state index contributed by atoms with van der Waals surface area (Å²) in [6.45, 7) is 4.06. The molecular formula is C9H11NOS. The van der Waals surface area contributed by atoms with Crippen molar-refractivity contribution >= 4 is 17.2 Å². The van der Waals surface area contributed by atoms with E-state index < -0.39 is 0 Å². The lowest BCUT2D eigenvalue weighted by atomic mass is 10.3. The summed E-state index contributed by atoms with van der Waals surface area (Å²) < 4.78 is 0. The average molecular weight is 181 g/mol. The fourth-order valence-electron chi connectivity index (χ4n) is 0.820. The van der Waals surface area contributed by atoms with Gasteiger partial charge in [0.15, 0.2) is 0 Å². The molecule has 0 aromatic carbocycles. The van der Waals surface area contributed by atoms with E-state index in [2.05, 4.69) is 11.9 Å². The van der Waals surface area contributed by atoms with Gasteiger partial charge in [0.25, 0.3) is 0 Å². The van der Waals surface area contributed by atoms with E-state index >= 15 is 0 Å². The van der Waals surface area contributed by atoms with E-state index in [1.54, 1.807) is 17.4 Å². The quantitative estimate of drug-likeness (QED) is 0.702. The summed E-state index contributed by atoms with van der Waals surface area (Å²) in [4.78, 5) is 12.2. The van der Waals surface area contributed by atoms with E-state index in [0.29, 0.717) is 13.0 Å². The van der Waals surface area contributed by atoms with Gasteiger partial charge in [0.1, 0.15) is 0 Å². The second-order valence-electron chi connectivity index (χ2n) is 2.35. The molecule has 2 nitrogen and oxygen atoms in total. The van der Waals surface area contributed by atoms with Crippen LogP contribution in [0, 0.1) is 0 Å². The zero-order valence-corrected chi connectivity index (χ0v) is 7.56. The average Bonchev–Trinajstić information content (AvgIpc) is 2.53. The maximum absolute atomic E-state index is 11.1. The van der Waals surface area contributed by atoms with Crippen LogP contribution in [-0.4, -0.2) is 12.5 Å². The van der Waals surface area contributed by atoms with Crippen LogP contribution in [0.4, 0.5) is 0 Å². The van der Waals surface area contributed by atoms with Crippen LogP contribution in [0.1, 0.15) is 4.88 Å². The van der Waals surface area contributed by atoms with Gasteiger partial charge < -0.3 is 5.32 Å². The first kappa shape index (κ1) is 9.00. The van der Waals surface area contributed by atoms with Gasteiger partial charge in [-0.05, 0) is 11.4 Å². The van der Waals surface area contributed by atoms with E-state index in [0.717, 1.165) is 4.88 Å². The molecule has 0 aliphatic carbocycles. The molecule has 1 heterocycles. The summed E-state index contributed by atoms with van der Waals surface area (Å²) in [5, 5.41) is 4.69. The minimum absolute atomic E-state index is 0.0531. The highest BCUT2D eigenvalue weighted by atomic mass is 32.1. The Hall–Kier alpha value is -1.09. The van der Waals surface area contributed by atoms with Gasteiger partial charge in [-0.3, -0.25) is 4.79 Å². The van der Waals surface area contributed by atoms with Gasteiger partial charge in [0, 0.05) is 11.4 Å². The van der Waals surface area contributed by atoms with Crippen LogP contribution < -0.4 is 5.32 Å². The normalized spacial score (nSPS) is 9.33. The Morgan fingerprint density at radius 2 is 2.58 bits per heavy atom. The molecule has 0 atom stereocenters. The third-order valence-electron chi connectivity index (χ3n) is 1.36. The zero-order chi connectivity index (χ0) is 8.81. The van der Waals surface area contributed by atoms with E-state index in [4.69, 9.17) is 0 Å². The first-order chi connectivity index (χ1) is 5.83. The van der Waals surface area contributed by atoms with E-state index in [9.17, 15) is 4.79 Å². The van der Waals surface area contributed by atoms with Gasteiger partial charge in [-0.2, -0.15) is 0 Å². The number of amides is 1. The van der Waals surface area contributed by atoms with Crippen molar-refractivity contribution in [3.05, 3.63) is 35.0 Å². The molecule has 1 amide bonds. The predicted octanol–water partition coefficient (Wildman–Crippen LogP) is 1.59. The summed E-state index contributed by atoms with van der Waals surface area (Å²) in [5.41, 5.74) is 0. The predicted molar refractivity (Wildman–Crippen MR) is 51.2 cm³/mol. The van der Waals surface area contributed by atoms with Gasteiger partial charge in [0.05, 0.1) is 6.42 Å². The van der Waals surface area contributed by atoms with Gasteiger partial charge in [-0.25, -0.2) is 0 Å². The van der Waals surface area contributed by atoms with Crippen molar-refractivity contribution in [1.82, 2.24) is 5.32 Å². The van der Waals surface area contributed by atoms with Crippen LogP contribution >= 0.6 is 11.3 Å². The van der Waals surface area contributed by atoms with E-state index in [1.165, 1.54) is 0 Å². The molecule has 64 valence electrons. The maximum Gasteiger partial charge on any atom is 0.225 e. The number of hydrogen-bond donors (Lipinski definition) is 1. The molecule has 0 radical (unpaired) electrons. The van der Waals surface area contributed by atoms with Crippen LogP contribution in [0.15, 0.2) is 30.2 Å². The molecule has 0 unspecified atom stereocenters. The van der Waals surface area contributed by atoms with Crippen LogP contribution in [0.2, 0.25) is 0 Å². The lowest BCUT2D eigenvalue weighted by molar-refractivity contribution is -0.120. The van der Waals surface area contributed by atoms with Crippen LogP contribution in [0.3, 0.4) is 0 Å². The smallest absolute Gasteiger partial charge is 0.225 e. The van der Waals surface area contributed by atoms with Crippen LogP contribution in [0.25, 0.3) is 0 Å². The largest absolute Gasteiger partial charge is 0.352 e. The van der Waals surface area contributed by atoms with Crippen molar-refractivity contribution < 1.29 is 4.79 Å². The lowest BCUT2D eigenvalue weighted by Crippen LogP contribution is -2.24. The monoisotopic (exact) mass is 181 g/mol. The van der Waals surface area contributed by atoms with Crippen molar-refractivity contribution in [1.29, 1.82) is 0 Å². The Morgan fingerprint density at radius 3 is 3.17 bits per heavy atom. The Bertz CT molecular complexity index is 254. The van der Waals surface area contributed by atoms with Crippen LogP contribution in [0.5, 0.6) is 0 Å². The number of rotatable bonds is 4. The van der Waals surface area contributed by atoms with Crippen LogP contribution in [-0.2, 0) is 11.2 Å². The highest BCUT2D eigenvalue weighted by Crippen LogP contribution is 2.08. The Labute approximate surface area is 75.9 Å². The number of carbonyl (C=O) groups is 1. The van der Waals surface area contributed by atoms with E-state index in [-0.39, 0.29) is 5.91 Å². The molecular weight excluding hydrogens is 170 g/mol. The first-order valence-electron chi connectivity index (χ1n) is 3.73. The summed E-state index contributed by atoms with van der Waals surface area (Å²) in [6, 6.07) is 3.90. The molecule has 0 bridgehead atoms. The highest BCUT2D eigenvalue weighted by Gasteiger charge is 2.01. The van der Waals surface area contributed by atoms with Crippen molar-refractivity contribution in [3.63, 3.8) is 0 Å². The van der Waals surface area contributed by atoms with Gasteiger partial charge in [-0.1, -0.05) is 12.1 Å². The summed E-state index contributed by atoms with van der Waals surface area (Å²) in [7, 11) is 0. The Balaban J connectivity index is 2.32. The standard InChI is InChI=1S/C9H11NOS/c1-2-5-10-9(11)7-8-4-3-6-12-8/h2-4,6H,1,5,7H2,(H,10,11). The fourth-order valence-corrected chi connectivity index (χ4v) is 1.52. The van der Waals surface area contributed by atoms with Gasteiger partial charge in [0.2, 0.25) is 5.91 Å². The minimum Gasteiger partial charge on any atom is -0.352 e. The number of thiophene rings is 1.